The summed E-state index contributed by atoms with van der Waals surface area (Å²) in [4.78, 5) is 4.29. The van der Waals surface area contributed by atoms with E-state index in [9.17, 15) is 0 Å². The monoisotopic (exact) mass is 283 g/mol. The number of hydrogen-bond donors (Lipinski definition) is 0. The highest BCUT2D eigenvalue weighted by Crippen LogP contribution is 2.23. The third-order valence-corrected chi connectivity index (χ3v) is 3.08. The summed E-state index contributed by atoms with van der Waals surface area (Å²) < 4.78 is 0. The maximum Gasteiger partial charge on any atom is 0.0630 e. The molecule has 0 saturated carbocycles. The van der Waals surface area contributed by atoms with Crippen molar-refractivity contribution >= 4 is 46.7 Å². The number of rotatable bonds is 2. The van der Waals surface area contributed by atoms with Crippen LogP contribution < -0.4 is 0 Å². The van der Waals surface area contributed by atoms with E-state index in [0.717, 1.165) is 5.69 Å². The first-order chi connectivity index (χ1) is 8.16. The van der Waals surface area contributed by atoms with Crippen molar-refractivity contribution in [2.45, 2.75) is 0 Å². The lowest BCUT2D eigenvalue weighted by molar-refractivity contribution is 1.52. The molecule has 0 unspecified atom stereocenters. The molecule has 0 amide bonds. The average molecular weight is 285 g/mol. The summed E-state index contributed by atoms with van der Waals surface area (Å²) in [5.74, 6) is 0. The van der Waals surface area contributed by atoms with Crippen molar-refractivity contribution in [1.29, 1.82) is 0 Å². The van der Waals surface area contributed by atoms with E-state index in [0.29, 0.717) is 20.6 Å². The van der Waals surface area contributed by atoms with Gasteiger partial charge in [-0.3, -0.25) is 4.99 Å². The maximum atomic E-state index is 6.02. The summed E-state index contributed by atoms with van der Waals surface area (Å²) in [6.45, 7) is 0. The molecule has 0 aliphatic heterocycles. The smallest absolute Gasteiger partial charge is 0.0630 e. The quantitative estimate of drug-likeness (QED) is 0.655. The van der Waals surface area contributed by atoms with Crippen molar-refractivity contribution in [2.24, 2.45) is 4.99 Å². The summed E-state index contributed by atoms with van der Waals surface area (Å²) in [7, 11) is 0. The molecule has 0 aromatic heterocycles. The molecule has 2 aromatic carbocycles. The van der Waals surface area contributed by atoms with Gasteiger partial charge < -0.3 is 0 Å². The SMILES string of the molecule is Clc1ccc(/N=C/c2c(Cl)cccc2Cl)cc1. The van der Waals surface area contributed by atoms with Gasteiger partial charge in [-0.25, -0.2) is 0 Å². The Morgan fingerprint density at radius 3 is 2.00 bits per heavy atom. The summed E-state index contributed by atoms with van der Waals surface area (Å²) in [5, 5.41) is 1.84. The van der Waals surface area contributed by atoms with Crippen molar-refractivity contribution in [3.05, 3.63) is 63.1 Å². The van der Waals surface area contributed by atoms with Gasteiger partial charge in [-0.15, -0.1) is 0 Å². The fourth-order valence-corrected chi connectivity index (χ4v) is 1.92. The normalized spacial score (nSPS) is 11.0. The van der Waals surface area contributed by atoms with Crippen molar-refractivity contribution in [1.82, 2.24) is 0 Å². The van der Waals surface area contributed by atoms with E-state index in [1.54, 1.807) is 36.5 Å². The largest absolute Gasteiger partial charge is 0.256 e. The van der Waals surface area contributed by atoms with Crippen LogP contribution in [0.1, 0.15) is 5.56 Å². The minimum absolute atomic E-state index is 0.579. The molecular weight excluding hydrogens is 277 g/mol. The topological polar surface area (TPSA) is 12.4 Å². The van der Waals surface area contributed by atoms with Crippen molar-refractivity contribution in [3.63, 3.8) is 0 Å². The lowest BCUT2D eigenvalue weighted by Crippen LogP contribution is -1.84. The van der Waals surface area contributed by atoms with Crippen LogP contribution in [-0.2, 0) is 0 Å². The lowest BCUT2D eigenvalue weighted by atomic mass is 10.2. The molecule has 1 nitrogen and oxygen atoms in total. The molecule has 0 aliphatic rings. The molecule has 0 fully saturated rings. The third-order valence-electron chi connectivity index (χ3n) is 2.17. The molecule has 2 rings (SSSR count). The summed E-state index contributed by atoms with van der Waals surface area (Å²) in [6, 6.07) is 12.6. The number of nitrogens with zero attached hydrogens (tertiary/aromatic N) is 1. The zero-order valence-corrected chi connectivity index (χ0v) is 11.0. The highest BCUT2D eigenvalue weighted by Gasteiger charge is 2.01. The molecule has 0 bridgehead atoms. The Labute approximate surface area is 115 Å². The van der Waals surface area contributed by atoms with Gasteiger partial charge in [0.2, 0.25) is 0 Å². The van der Waals surface area contributed by atoms with Gasteiger partial charge in [-0.1, -0.05) is 40.9 Å². The number of halogens is 3. The van der Waals surface area contributed by atoms with Crippen LogP contribution >= 0.6 is 34.8 Å². The van der Waals surface area contributed by atoms with Gasteiger partial charge in [-0.2, -0.15) is 0 Å². The second-order valence-corrected chi connectivity index (χ2v) is 4.62. The summed E-state index contributed by atoms with van der Waals surface area (Å²) >= 11 is 17.8. The molecule has 0 aliphatic carbocycles. The standard InChI is InChI=1S/C13H8Cl3N/c14-9-4-6-10(7-5-9)17-8-11-12(15)2-1-3-13(11)16/h1-8H/b17-8+. The zero-order valence-electron chi connectivity index (χ0n) is 8.70. The molecule has 0 spiro atoms. The predicted octanol–water partition coefficient (Wildman–Crippen LogP) is 5.40. The first-order valence-corrected chi connectivity index (χ1v) is 6.04. The van der Waals surface area contributed by atoms with Gasteiger partial charge in [-0.05, 0) is 36.4 Å². The molecule has 0 radical (unpaired) electrons. The molecule has 17 heavy (non-hydrogen) atoms. The number of aliphatic imine (C=N–C) groups is 1. The molecular formula is C13H8Cl3N. The molecule has 4 heteroatoms. The van der Waals surface area contributed by atoms with Crippen molar-refractivity contribution < 1.29 is 0 Å². The highest BCUT2D eigenvalue weighted by molar-refractivity contribution is 6.38. The average Bonchev–Trinajstić information content (AvgIpc) is 2.31. The van der Waals surface area contributed by atoms with Gasteiger partial charge >= 0.3 is 0 Å². The fourth-order valence-electron chi connectivity index (χ4n) is 1.30. The van der Waals surface area contributed by atoms with E-state index in [2.05, 4.69) is 4.99 Å². The second kappa shape index (κ2) is 5.54. The lowest BCUT2D eigenvalue weighted by Gasteiger charge is -2.00. The molecule has 0 atom stereocenters. The Bertz CT molecular complexity index is 527. The van der Waals surface area contributed by atoms with Crippen LogP contribution in [0.5, 0.6) is 0 Å². The van der Waals surface area contributed by atoms with Crippen LogP contribution in [-0.4, -0.2) is 6.21 Å². The summed E-state index contributed by atoms with van der Waals surface area (Å²) in [6.07, 6.45) is 1.65. The number of benzene rings is 2. The Morgan fingerprint density at radius 1 is 0.824 bits per heavy atom. The Kier molecular flexibility index (Phi) is 4.06. The maximum absolute atomic E-state index is 6.02. The van der Waals surface area contributed by atoms with E-state index in [4.69, 9.17) is 34.8 Å². The second-order valence-electron chi connectivity index (χ2n) is 3.37. The van der Waals surface area contributed by atoms with E-state index in [1.807, 2.05) is 12.1 Å². The van der Waals surface area contributed by atoms with Crippen molar-refractivity contribution in [2.75, 3.05) is 0 Å². The Hall–Kier alpha value is -1.02. The first kappa shape index (κ1) is 12.4. The van der Waals surface area contributed by atoms with E-state index in [-0.39, 0.29) is 0 Å². The zero-order chi connectivity index (χ0) is 12.3. The van der Waals surface area contributed by atoms with Gasteiger partial charge in [0.05, 0.1) is 15.7 Å². The highest BCUT2D eigenvalue weighted by atomic mass is 35.5. The van der Waals surface area contributed by atoms with Crippen LogP contribution in [0.3, 0.4) is 0 Å². The Balaban J connectivity index is 2.29. The van der Waals surface area contributed by atoms with Crippen LogP contribution in [0.4, 0.5) is 5.69 Å². The van der Waals surface area contributed by atoms with E-state index in [1.165, 1.54) is 0 Å². The molecule has 0 N–H and O–H groups in total. The molecule has 2 aromatic rings. The van der Waals surface area contributed by atoms with E-state index < -0.39 is 0 Å². The van der Waals surface area contributed by atoms with Gasteiger partial charge in [0, 0.05) is 16.8 Å². The predicted molar refractivity (Wildman–Crippen MR) is 75.2 cm³/mol. The van der Waals surface area contributed by atoms with Gasteiger partial charge in [0.1, 0.15) is 0 Å². The van der Waals surface area contributed by atoms with Gasteiger partial charge in [0.15, 0.2) is 0 Å². The fraction of sp³-hybridized carbons (Fsp3) is 0. The van der Waals surface area contributed by atoms with E-state index >= 15 is 0 Å². The third kappa shape index (κ3) is 3.22. The van der Waals surface area contributed by atoms with Crippen LogP contribution in [0.15, 0.2) is 47.5 Å². The minimum atomic E-state index is 0.579. The number of hydrogen-bond acceptors (Lipinski definition) is 1. The minimum Gasteiger partial charge on any atom is -0.256 e. The Morgan fingerprint density at radius 2 is 1.41 bits per heavy atom. The molecule has 86 valence electrons. The van der Waals surface area contributed by atoms with Crippen LogP contribution in [0, 0.1) is 0 Å². The van der Waals surface area contributed by atoms with Crippen LogP contribution in [0.2, 0.25) is 15.1 Å². The first-order valence-electron chi connectivity index (χ1n) is 4.90. The molecule has 0 heterocycles. The summed E-state index contributed by atoms with van der Waals surface area (Å²) in [5.41, 5.74) is 1.51. The van der Waals surface area contributed by atoms with Crippen LogP contribution in [0.25, 0.3) is 0 Å². The molecule has 0 saturated heterocycles. The van der Waals surface area contributed by atoms with Crippen molar-refractivity contribution in [3.8, 4) is 0 Å². The van der Waals surface area contributed by atoms with Gasteiger partial charge in [0.25, 0.3) is 0 Å².